The Balaban J connectivity index is 1.83. The number of ether oxygens (including phenoxy) is 3. The third-order valence-electron chi connectivity index (χ3n) is 2.71. The topological polar surface area (TPSA) is 56.8 Å². The molecule has 0 saturated carbocycles. The first-order valence-corrected chi connectivity index (χ1v) is 6.48. The first kappa shape index (κ1) is 13.8. The Morgan fingerprint density at radius 1 is 1.37 bits per heavy atom. The zero-order valence-electron chi connectivity index (χ0n) is 11.1. The number of nitrogens with one attached hydrogen (secondary N) is 1. The summed E-state index contributed by atoms with van der Waals surface area (Å²) in [6.07, 6.45) is 1.44. The second-order valence-corrected chi connectivity index (χ2v) is 4.34. The number of carbonyl (C=O) groups is 1. The van der Waals surface area contributed by atoms with Crippen LogP contribution in [0.15, 0.2) is 24.3 Å². The fourth-order valence-corrected chi connectivity index (χ4v) is 1.85. The van der Waals surface area contributed by atoms with E-state index in [0.717, 1.165) is 19.6 Å². The molecule has 1 aliphatic rings. The molecular formula is C14H19NO4. The fraction of sp³-hybridized carbons (Fsp3) is 0.500. The van der Waals surface area contributed by atoms with Crippen molar-refractivity contribution in [3.63, 3.8) is 0 Å². The zero-order valence-corrected chi connectivity index (χ0v) is 11.1. The van der Waals surface area contributed by atoms with Gasteiger partial charge in [-0.1, -0.05) is 12.1 Å². The third kappa shape index (κ3) is 4.54. The molecular weight excluding hydrogens is 246 g/mol. The number of amides is 1. The molecule has 5 heteroatoms. The Morgan fingerprint density at radius 3 is 2.84 bits per heavy atom. The lowest BCUT2D eigenvalue weighted by Crippen LogP contribution is -2.26. The summed E-state index contributed by atoms with van der Waals surface area (Å²) in [4.78, 5) is 11.1. The zero-order chi connectivity index (χ0) is 13.5. The number of benzene rings is 1. The number of hydrogen-bond acceptors (Lipinski definition) is 4. The SMILES string of the molecule is CC(=O)Nc1ccccc1OCCC1OCCCO1. The lowest BCUT2D eigenvalue weighted by molar-refractivity contribution is -0.183. The molecule has 0 radical (unpaired) electrons. The summed E-state index contributed by atoms with van der Waals surface area (Å²) in [7, 11) is 0. The van der Waals surface area contributed by atoms with Gasteiger partial charge < -0.3 is 19.5 Å². The molecule has 0 bridgehead atoms. The van der Waals surface area contributed by atoms with Crippen molar-refractivity contribution in [1.82, 2.24) is 0 Å². The number of para-hydroxylation sites is 2. The summed E-state index contributed by atoms with van der Waals surface area (Å²) in [6, 6.07) is 7.36. The van der Waals surface area contributed by atoms with E-state index < -0.39 is 0 Å². The minimum absolute atomic E-state index is 0.116. The van der Waals surface area contributed by atoms with E-state index >= 15 is 0 Å². The highest BCUT2D eigenvalue weighted by Gasteiger charge is 2.14. The summed E-state index contributed by atoms with van der Waals surface area (Å²) in [5, 5.41) is 2.74. The van der Waals surface area contributed by atoms with Crippen molar-refractivity contribution in [2.24, 2.45) is 0 Å². The molecule has 1 aliphatic heterocycles. The van der Waals surface area contributed by atoms with E-state index in [1.165, 1.54) is 6.92 Å². The molecule has 104 valence electrons. The minimum Gasteiger partial charge on any atom is -0.491 e. The highest BCUT2D eigenvalue weighted by molar-refractivity contribution is 5.90. The molecule has 5 nitrogen and oxygen atoms in total. The van der Waals surface area contributed by atoms with Gasteiger partial charge in [0.2, 0.25) is 5.91 Å². The fourth-order valence-electron chi connectivity index (χ4n) is 1.85. The molecule has 0 spiro atoms. The van der Waals surface area contributed by atoms with Gasteiger partial charge in [0.15, 0.2) is 6.29 Å². The van der Waals surface area contributed by atoms with Gasteiger partial charge in [-0.25, -0.2) is 0 Å². The summed E-state index contributed by atoms with van der Waals surface area (Å²) in [5.74, 6) is 0.545. The van der Waals surface area contributed by atoms with E-state index in [-0.39, 0.29) is 12.2 Å². The van der Waals surface area contributed by atoms with Gasteiger partial charge in [-0.3, -0.25) is 4.79 Å². The Kier molecular flexibility index (Phi) is 5.18. The molecule has 19 heavy (non-hydrogen) atoms. The molecule has 1 saturated heterocycles. The van der Waals surface area contributed by atoms with Crippen LogP contribution < -0.4 is 10.1 Å². The van der Waals surface area contributed by atoms with Crippen molar-refractivity contribution in [3.8, 4) is 5.75 Å². The van der Waals surface area contributed by atoms with E-state index in [1.54, 1.807) is 0 Å². The third-order valence-corrected chi connectivity index (χ3v) is 2.71. The predicted molar refractivity (Wildman–Crippen MR) is 71.2 cm³/mol. The monoisotopic (exact) mass is 265 g/mol. The number of anilines is 1. The van der Waals surface area contributed by atoms with Crippen LogP contribution in [0.4, 0.5) is 5.69 Å². The summed E-state index contributed by atoms with van der Waals surface area (Å²) in [6.45, 7) is 3.45. The Morgan fingerprint density at radius 2 is 2.11 bits per heavy atom. The van der Waals surface area contributed by atoms with Gasteiger partial charge in [0.25, 0.3) is 0 Å². The molecule has 1 heterocycles. The van der Waals surface area contributed by atoms with Crippen molar-refractivity contribution < 1.29 is 19.0 Å². The molecule has 0 aliphatic carbocycles. The molecule has 1 fully saturated rings. The van der Waals surface area contributed by atoms with E-state index in [9.17, 15) is 4.79 Å². The maximum absolute atomic E-state index is 11.1. The van der Waals surface area contributed by atoms with Gasteiger partial charge in [-0.05, 0) is 18.6 Å². The van der Waals surface area contributed by atoms with Crippen molar-refractivity contribution in [2.45, 2.75) is 26.1 Å². The highest BCUT2D eigenvalue weighted by Crippen LogP contribution is 2.24. The maximum atomic E-state index is 11.1. The lowest BCUT2D eigenvalue weighted by Gasteiger charge is -2.23. The van der Waals surface area contributed by atoms with Gasteiger partial charge in [-0.15, -0.1) is 0 Å². The quantitative estimate of drug-likeness (QED) is 0.886. The maximum Gasteiger partial charge on any atom is 0.221 e. The van der Waals surface area contributed by atoms with Crippen LogP contribution in [-0.2, 0) is 14.3 Å². The van der Waals surface area contributed by atoms with Gasteiger partial charge in [0.1, 0.15) is 5.75 Å². The average molecular weight is 265 g/mol. The Bertz CT molecular complexity index is 416. The molecule has 1 N–H and O–H groups in total. The van der Waals surface area contributed by atoms with Crippen LogP contribution in [0.3, 0.4) is 0 Å². The van der Waals surface area contributed by atoms with Crippen LogP contribution in [0, 0.1) is 0 Å². The normalized spacial score (nSPS) is 16.1. The molecule has 1 amide bonds. The number of rotatable bonds is 5. The van der Waals surface area contributed by atoms with E-state index in [4.69, 9.17) is 14.2 Å². The van der Waals surface area contributed by atoms with Crippen molar-refractivity contribution in [1.29, 1.82) is 0 Å². The van der Waals surface area contributed by atoms with Crippen molar-refractivity contribution in [3.05, 3.63) is 24.3 Å². The van der Waals surface area contributed by atoms with Gasteiger partial charge >= 0.3 is 0 Å². The molecule has 0 aromatic heterocycles. The van der Waals surface area contributed by atoms with Gasteiger partial charge in [-0.2, -0.15) is 0 Å². The molecule has 1 aromatic carbocycles. The Hall–Kier alpha value is -1.59. The smallest absolute Gasteiger partial charge is 0.221 e. The van der Waals surface area contributed by atoms with Crippen molar-refractivity contribution >= 4 is 11.6 Å². The van der Waals surface area contributed by atoms with Gasteiger partial charge in [0.05, 0.1) is 25.5 Å². The standard InChI is InChI=1S/C14H19NO4/c1-11(16)15-12-5-2-3-6-13(12)17-10-7-14-18-8-4-9-19-14/h2-3,5-6,14H,4,7-10H2,1H3,(H,15,16). The van der Waals surface area contributed by atoms with E-state index in [0.29, 0.717) is 24.5 Å². The molecule has 1 aromatic rings. The predicted octanol–water partition coefficient (Wildman–Crippen LogP) is 2.18. The van der Waals surface area contributed by atoms with Crippen LogP contribution in [0.2, 0.25) is 0 Å². The van der Waals surface area contributed by atoms with Gasteiger partial charge in [0, 0.05) is 13.3 Å². The molecule has 0 atom stereocenters. The largest absolute Gasteiger partial charge is 0.491 e. The molecule has 0 unspecified atom stereocenters. The average Bonchev–Trinajstić information content (AvgIpc) is 2.41. The van der Waals surface area contributed by atoms with E-state index in [2.05, 4.69) is 5.32 Å². The number of hydrogen-bond donors (Lipinski definition) is 1. The van der Waals surface area contributed by atoms with Crippen LogP contribution in [-0.4, -0.2) is 32.0 Å². The van der Waals surface area contributed by atoms with Crippen LogP contribution >= 0.6 is 0 Å². The van der Waals surface area contributed by atoms with Crippen LogP contribution in [0.25, 0.3) is 0 Å². The van der Waals surface area contributed by atoms with E-state index in [1.807, 2.05) is 24.3 Å². The highest BCUT2D eigenvalue weighted by atomic mass is 16.7. The lowest BCUT2D eigenvalue weighted by atomic mass is 10.3. The second-order valence-electron chi connectivity index (χ2n) is 4.34. The number of carbonyl (C=O) groups excluding carboxylic acids is 1. The second kappa shape index (κ2) is 7.11. The van der Waals surface area contributed by atoms with Crippen molar-refractivity contribution in [2.75, 3.05) is 25.1 Å². The summed E-state index contributed by atoms with van der Waals surface area (Å²) in [5.41, 5.74) is 0.681. The minimum atomic E-state index is -0.179. The Labute approximate surface area is 112 Å². The summed E-state index contributed by atoms with van der Waals surface area (Å²) >= 11 is 0. The molecule has 2 rings (SSSR count). The summed E-state index contributed by atoms with van der Waals surface area (Å²) < 4.78 is 16.5. The first-order chi connectivity index (χ1) is 9.25. The first-order valence-electron chi connectivity index (χ1n) is 6.48. The van der Waals surface area contributed by atoms with Crippen LogP contribution in [0.1, 0.15) is 19.8 Å². The van der Waals surface area contributed by atoms with Crippen LogP contribution in [0.5, 0.6) is 5.75 Å².